The maximum Gasteiger partial charge on any atom is 0.338 e. The Morgan fingerprint density at radius 3 is 2.69 bits per heavy atom. The number of ether oxygens (including phenoxy) is 3. The molecule has 0 saturated heterocycles. The van der Waals surface area contributed by atoms with Crippen molar-refractivity contribution in [2.75, 3.05) is 13.2 Å². The molecule has 11 heteroatoms. The van der Waals surface area contributed by atoms with Gasteiger partial charge >= 0.3 is 5.97 Å². The van der Waals surface area contributed by atoms with Gasteiger partial charge in [0.05, 0.1) is 36.1 Å². The number of rotatable bonds is 11. The topological polar surface area (TPSA) is 134 Å². The van der Waals surface area contributed by atoms with E-state index in [0.717, 1.165) is 5.56 Å². The van der Waals surface area contributed by atoms with E-state index in [1.807, 2.05) is 18.2 Å². The van der Waals surface area contributed by atoms with E-state index in [4.69, 9.17) is 26.4 Å². The van der Waals surface area contributed by atoms with Gasteiger partial charge in [-0.1, -0.05) is 48.5 Å². The first-order chi connectivity index (χ1) is 20.4. The molecule has 1 atom stereocenters. The van der Waals surface area contributed by atoms with Gasteiger partial charge in [0.2, 0.25) is 0 Å². The molecule has 1 aliphatic heterocycles. The first-order valence-corrected chi connectivity index (χ1v) is 13.5. The molecule has 1 amide bonds. The number of nitriles is 1. The van der Waals surface area contributed by atoms with Crippen LogP contribution in [0.3, 0.4) is 0 Å². The number of hydrogen-bond donors (Lipinski definition) is 3. The van der Waals surface area contributed by atoms with E-state index in [-0.39, 0.29) is 19.8 Å². The second-order valence-corrected chi connectivity index (χ2v) is 9.45. The average Bonchev–Trinajstić information content (AvgIpc) is 2.99. The minimum absolute atomic E-state index is 0.222. The fraction of sp³-hybridized carbons (Fsp3) is 0.194. The Labute approximate surface area is 249 Å². The zero-order valence-corrected chi connectivity index (χ0v) is 23.9. The summed E-state index contributed by atoms with van der Waals surface area (Å²) < 4.78 is 16.9. The van der Waals surface area contributed by atoms with Crippen molar-refractivity contribution >= 4 is 35.4 Å². The van der Waals surface area contributed by atoms with E-state index in [0.29, 0.717) is 44.6 Å². The van der Waals surface area contributed by atoms with Crippen LogP contribution in [0.5, 0.6) is 11.5 Å². The fourth-order valence-corrected chi connectivity index (χ4v) is 4.48. The third kappa shape index (κ3) is 7.71. The maximum absolute atomic E-state index is 12.7. The molecule has 1 heterocycles. The predicted octanol–water partition coefficient (Wildman–Crippen LogP) is 4.02. The molecule has 0 unspecified atom stereocenters. The molecule has 1 aliphatic rings. The van der Waals surface area contributed by atoms with Crippen LogP contribution in [-0.4, -0.2) is 36.4 Å². The second kappa shape index (κ2) is 14.4. The lowest BCUT2D eigenvalue weighted by atomic mass is 9.95. The molecule has 3 aromatic rings. The first kappa shape index (κ1) is 29.8. The zero-order chi connectivity index (χ0) is 29.9. The number of hydrogen-bond acceptors (Lipinski definition) is 8. The van der Waals surface area contributed by atoms with Crippen LogP contribution in [0.4, 0.5) is 0 Å². The van der Waals surface area contributed by atoms with Gasteiger partial charge in [-0.15, -0.1) is 0 Å². The Morgan fingerprint density at radius 1 is 1.10 bits per heavy atom. The summed E-state index contributed by atoms with van der Waals surface area (Å²) in [6, 6.07) is 23.0. The van der Waals surface area contributed by atoms with Crippen LogP contribution in [-0.2, 0) is 20.9 Å². The summed E-state index contributed by atoms with van der Waals surface area (Å²) in [5.74, 6) is 0.0326. The van der Waals surface area contributed by atoms with E-state index in [2.05, 4.69) is 27.2 Å². The summed E-state index contributed by atoms with van der Waals surface area (Å²) in [4.78, 5) is 25.2. The van der Waals surface area contributed by atoms with Crippen LogP contribution in [0.25, 0.3) is 0 Å². The van der Waals surface area contributed by atoms with E-state index in [9.17, 15) is 14.9 Å². The number of nitrogens with one attached hydrogen (secondary N) is 3. The third-order valence-electron chi connectivity index (χ3n) is 6.15. The maximum atomic E-state index is 12.7. The number of esters is 1. The van der Waals surface area contributed by atoms with Crippen molar-refractivity contribution in [3.63, 3.8) is 0 Å². The van der Waals surface area contributed by atoms with Gasteiger partial charge in [0, 0.05) is 16.8 Å². The van der Waals surface area contributed by atoms with Crippen LogP contribution < -0.4 is 25.5 Å². The number of thiocarbonyl (C=S) groups is 1. The van der Waals surface area contributed by atoms with Crippen molar-refractivity contribution < 1.29 is 23.8 Å². The van der Waals surface area contributed by atoms with E-state index < -0.39 is 17.9 Å². The number of benzene rings is 3. The van der Waals surface area contributed by atoms with Crippen LogP contribution in [0, 0.1) is 11.3 Å². The normalized spacial score (nSPS) is 14.4. The molecule has 0 saturated carbocycles. The fourth-order valence-electron chi connectivity index (χ4n) is 4.21. The Bertz CT molecular complexity index is 1580. The van der Waals surface area contributed by atoms with Crippen LogP contribution >= 0.6 is 12.2 Å². The molecule has 4 rings (SSSR count). The van der Waals surface area contributed by atoms with Gasteiger partial charge in [-0.2, -0.15) is 10.4 Å². The number of nitrogens with zero attached hydrogens (tertiary/aromatic N) is 2. The van der Waals surface area contributed by atoms with Crippen molar-refractivity contribution in [3.05, 3.63) is 106 Å². The summed E-state index contributed by atoms with van der Waals surface area (Å²) >= 11 is 5.31. The minimum Gasteiger partial charge on any atom is -0.489 e. The van der Waals surface area contributed by atoms with Crippen molar-refractivity contribution in [3.8, 4) is 17.6 Å². The summed E-state index contributed by atoms with van der Waals surface area (Å²) in [5.41, 5.74) is 6.06. The third-order valence-corrected chi connectivity index (χ3v) is 6.37. The highest BCUT2D eigenvalue weighted by Crippen LogP contribution is 2.33. The smallest absolute Gasteiger partial charge is 0.338 e. The molecule has 10 nitrogen and oxygen atoms in total. The van der Waals surface area contributed by atoms with Gasteiger partial charge < -0.3 is 24.8 Å². The Kier molecular flexibility index (Phi) is 10.2. The molecule has 3 N–H and O–H groups in total. The number of para-hydroxylation sites is 1. The number of allylic oxidation sites excluding steroid dienone is 1. The standard InChI is InChI=1S/C31H29N5O5S/c1-3-39-30(38)28-20(2)34-31(42)35-29(28)25-13-6-7-14-26(25)41-19-27(37)36-33-17-21-9-8-12-24(15-21)40-18-23-11-5-4-10-22(23)16-32/h4-15,17,29H,3,18-19H2,1-2H3,(H,36,37)(H2,34,35,42)/t29-/m0/s1. The molecule has 0 radical (unpaired) electrons. The summed E-state index contributed by atoms with van der Waals surface area (Å²) in [7, 11) is 0. The number of hydrazone groups is 1. The molecule has 3 aromatic carbocycles. The summed E-state index contributed by atoms with van der Waals surface area (Å²) in [5, 5.41) is 19.7. The SMILES string of the molecule is CCOC(=O)C1=C(C)NC(=S)N[C@H]1c1ccccc1OCC(=O)NN=Cc1cccc(OCc2ccccc2C#N)c1. The van der Waals surface area contributed by atoms with Gasteiger partial charge in [-0.25, -0.2) is 10.2 Å². The molecule has 0 bridgehead atoms. The Hall–Kier alpha value is -5.21. The number of carbonyl (C=O) groups excluding carboxylic acids is 2. The molecule has 0 aliphatic carbocycles. The lowest BCUT2D eigenvalue weighted by Crippen LogP contribution is -2.45. The van der Waals surface area contributed by atoms with E-state index in [1.54, 1.807) is 68.4 Å². The summed E-state index contributed by atoms with van der Waals surface area (Å²) in [6.45, 7) is 3.63. The highest BCUT2D eigenvalue weighted by atomic mass is 32.1. The second-order valence-electron chi connectivity index (χ2n) is 9.04. The van der Waals surface area contributed by atoms with Crippen LogP contribution in [0.2, 0.25) is 0 Å². The van der Waals surface area contributed by atoms with Gasteiger partial charge in [0.15, 0.2) is 11.7 Å². The van der Waals surface area contributed by atoms with Gasteiger partial charge in [0.25, 0.3) is 5.91 Å². The lowest BCUT2D eigenvalue weighted by Gasteiger charge is -2.30. The van der Waals surface area contributed by atoms with Crippen LogP contribution in [0.1, 0.15) is 42.1 Å². The quantitative estimate of drug-likeness (QED) is 0.132. The van der Waals surface area contributed by atoms with Crippen molar-refractivity contribution in [2.24, 2.45) is 5.10 Å². The summed E-state index contributed by atoms with van der Waals surface area (Å²) in [6.07, 6.45) is 1.49. The molecule has 0 aromatic heterocycles. The van der Waals surface area contributed by atoms with Crippen molar-refractivity contribution in [1.29, 1.82) is 5.26 Å². The monoisotopic (exact) mass is 583 g/mol. The zero-order valence-electron chi connectivity index (χ0n) is 23.0. The Morgan fingerprint density at radius 2 is 1.88 bits per heavy atom. The van der Waals surface area contributed by atoms with Gasteiger partial charge in [-0.05, 0) is 55.9 Å². The van der Waals surface area contributed by atoms with Crippen LogP contribution in [0.15, 0.2) is 89.2 Å². The molecule has 0 fully saturated rings. The predicted molar refractivity (Wildman–Crippen MR) is 161 cm³/mol. The first-order valence-electron chi connectivity index (χ1n) is 13.1. The molecular formula is C31H29N5O5S. The number of carbonyl (C=O) groups is 2. The molecule has 214 valence electrons. The van der Waals surface area contributed by atoms with Gasteiger partial charge in [-0.3, -0.25) is 4.79 Å². The minimum atomic E-state index is -0.627. The molecule has 0 spiro atoms. The van der Waals surface area contributed by atoms with Crippen molar-refractivity contribution in [2.45, 2.75) is 26.5 Å². The Balaban J connectivity index is 1.36. The van der Waals surface area contributed by atoms with E-state index in [1.165, 1.54) is 6.21 Å². The van der Waals surface area contributed by atoms with E-state index >= 15 is 0 Å². The molecular weight excluding hydrogens is 554 g/mol. The highest BCUT2D eigenvalue weighted by Gasteiger charge is 2.32. The largest absolute Gasteiger partial charge is 0.489 e. The average molecular weight is 584 g/mol. The number of amides is 1. The highest BCUT2D eigenvalue weighted by molar-refractivity contribution is 7.80. The lowest BCUT2D eigenvalue weighted by molar-refractivity contribution is -0.139. The molecule has 42 heavy (non-hydrogen) atoms. The van der Waals surface area contributed by atoms with Crippen molar-refractivity contribution in [1.82, 2.24) is 16.1 Å². The van der Waals surface area contributed by atoms with Gasteiger partial charge in [0.1, 0.15) is 18.1 Å².